The van der Waals surface area contributed by atoms with Crippen molar-refractivity contribution in [1.82, 2.24) is 15.6 Å². The molecule has 1 heterocycles. The third-order valence-electron chi connectivity index (χ3n) is 3.52. The van der Waals surface area contributed by atoms with E-state index < -0.39 is 0 Å². The molecule has 6 nitrogen and oxygen atoms in total. The van der Waals surface area contributed by atoms with Crippen LogP contribution in [0.2, 0.25) is 0 Å². The van der Waals surface area contributed by atoms with E-state index in [-0.39, 0.29) is 0 Å². The number of aryl methyl sites for hydroxylation is 1. The Morgan fingerprint density at radius 1 is 1.24 bits per heavy atom. The van der Waals surface area contributed by atoms with Crippen LogP contribution < -0.4 is 20.1 Å². The lowest BCUT2D eigenvalue weighted by atomic mass is 10.2. The quantitative estimate of drug-likeness (QED) is 0.525. The first-order valence-corrected chi connectivity index (χ1v) is 9.44. The number of hydrogen-bond donors (Lipinski definition) is 2. The van der Waals surface area contributed by atoms with E-state index >= 15 is 0 Å². The molecular formula is C17H23BrN4O2S. The van der Waals surface area contributed by atoms with Crippen LogP contribution in [0, 0.1) is 6.92 Å². The number of methoxy groups -OCH3 is 2. The highest BCUT2D eigenvalue weighted by atomic mass is 79.9. The van der Waals surface area contributed by atoms with Gasteiger partial charge in [-0.05, 0) is 24.6 Å². The average Bonchev–Trinajstić information content (AvgIpc) is 3.03. The van der Waals surface area contributed by atoms with Crippen LogP contribution in [0.3, 0.4) is 0 Å². The largest absolute Gasteiger partial charge is 0.493 e. The molecule has 0 aliphatic carbocycles. The molecule has 0 saturated carbocycles. The predicted molar refractivity (Wildman–Crippen MR) is 106 cm³/mol. The number of benzene rings is 1. The zero-order valence-electron chi connectivity index (χ0n) is 14.9. The van der Waals surface area contributed by atoms with Gasteiger partial charge in [0, 0.05) is 42.1 Å². The Morgan fingerprint density at radius 2 is 1.96 bits per heavy atom. The van der Waals surface area contributed by atoms with Crippen molar-refractivity contribution in [3.05, 3.63) is 38.3 Å². The zero-order valence-corrected chi connectivity index (χ0v) is 17.3. The fourth-order valence-corrected chi connectivity index (χ4v) is 3.49. The number of aliphatic imine (C=N–C) groups is 1. The molecule has 0 unspecified atom stereocenters. The number of aromatic nitrogens is 1. The summed E-state index contributed by atoms with van der Waals surface area (Å²) in [6.07, 6.45) is 2.78. The normalized spacial score (nSPS) is 11.3. The summed E-state index contributed by atoms with van der Waals surface area (Å²) in [4.78, 5) is 9.85. The van der Waals surface area contributed by atoms with Crippen molar-refractivity contribution in [3.63, 3.8) is 0 Å². The summed E-state index contributed by atoms with van der Waals surface area (Å²) < 4.78 is 11.6. The number of rotatable bonds is 7. The van der Waals surface area contributed by atoms with Crippen molar-refractivity contribution >= 4 is 33.2 Å². The molecule has 1 aromatic carbocycles. The van der Waals surface area contributed by atoms with Crippen molar-refractivity contribution in [2.45, 2.75) is 19.9 Å². The van der Waals surface area contributed by atoms with Gasteiger partial charge in [0.25, 0.3) is 0 Å². The summed E-state index contributed by atoms with van der Waals surface area (Å²) in [6.45, 7) is 3.45. The minimum Gasteiger partial charge on any atom is -0.493 e. The fourth-order valence-electron chi connectivity index (χ4n) is 2.24. The first-order valence-electron chi connectivity index (χ1n) is 7.83. The van der Waals surface area contributed by atoms with Crippen LogP contribution in [0.25, 0.3) is 0 Å². The number of nitrogens with zero attached hydrogens (tertiary/aromatic N) is 2. The van der Waals surface area contributed by atoms with Crippen LogP contribution in [0.4, 0.5) is 0 Å². The van der Waals surface area contributed by atoms with Crippen molar-refractivity contribution in [2.24, 2.45) is 4.99 Å². The monoisotopic (exact) mass is 426 g/mol. The lowest BCUT2D eigenvalue weighted by Crippen LogP contribution is -2.37. The lowest BCUT2D eigenvalue weighted by Gasteiger charge is -2.14. The molecule has 2 N–H and O–H groups in total. The highest BCUT2D eigenvalue weighted by molar-refractivity contribution is 9.10. The van der Waals surface area contributed by atoms with E-state index in [1.807, 2.05) is 18.3 Å². The molecule has 0 radical (unpaired) electrons. The van der Waals surface area contributed by atoms with Gasteiger partial charge in [-0.15, -0.1) is 11.3 Å². The van der Waals surface area contributed by atoms with E-state index in [0.717, 1.165) is 34.0 Å². The number of nitrogens with one attached hydrogen (secondary N) is 2. The first kappa shape index (κ1) is 19.5. The van der Waals surface area contributed by atoms with Gasteiger partial charge in [-0.25, -0.2) is 4.98 Å². The summed E-state index contributed by atoms with van der Waals surface area (Å²) in [5.74, 6) is 2.14. The van der Waals surface area contributed by atoms with Crippen LogP contribution in [0.15, 0.2) is 27.8 Å². The van der Waals surface area contributed by atoms with Gasteiger partial charge in [0.2, 0.25) is 0 Å². The van der Waals surface area contributed by atoms with Crippen molar-refractivity contribution in [3.8, 4) is 11.5 Å². The highest BCUT2D eigenvalue weighted by Crippen LogP contribution is 2.33. The Morgan fingerprint density at radius 3 is 2.56 bits per heavy atom. The van der Waals surface area contributed by atoms with E-state index in [9.17, 15) is 0 Å². The van der Waals surface area contributed by atoms with Gasteiger partial charge in [-0.1, -0.05) is 15.9 Å². The lowest BCUT2D eigenvalue weighted by molar-refractivity contribution is 0.354. The number of guanidine groups is 1. The van der Waals surface area contributed by atoms with Gasteiger partial charge < -0.3 is 20.1 Å². The Kier molecular flexibility index (Phi) is 7.52. The SMILES string of the molecule is CN=C(NCCc1ncc(C)s1)NCc1cc(OC)c(OC)cc1Br. The fraction of sp³-hybridized carbons (Fsp3) is 0.412. The van der Waals surface area contributed by atoms with Gasteiger partial charge in [0.15, 0.2) is 17.5 Å². The molecule has 1 aromatic heterocycles. The summed E-state index contributed by atoms with van der Waals surface area (Å²) in [5, 5.41) is 7.73. The van der Waals surface area contributed by atoms with Crippen LogP contribution in [-0.4, -0.2) is 38.8 Å². The van der Waals surface area contributed by atoms with Gasteiger partial charge in [0.1, 0.15) is 0 Å². The number of thiazole rings is 1. The maximum absolute atomic E-state index is 5.36. The minimum absolute atomic E-state index is 0.608. The molecule has 0 amide bonds. The van der Waals surface area contributed by atoms with E-state index in [1.165, 1.54) is 4.88 Å². The molecule has 0 aliphatic rings. The van der Waals surface area contributed by atoms with E-state index in [1.54, 1.807) is 32.6 Å². The number of halogens is 1. The van der Waals surface area contributed by atoms with E-state index in [2.05, 4.69) is 43.5 Å². The summed E-state index contributed by atoms with van der Waals surface area (Å²) >= 11 is 5.29. The Labute approximate surface area is 160 Å². The van der Waals surface area contributed by atoms with Gasteiger partial charge >= 0.3 is 0 Å². The van der Waals surface area contributed by atoms with E-state index in [4.69, 9.17) is 9.47 Å². The van der Waals surface area contributed by atoms with E-state index in [0.29, 0.717) is 18.0 Å². The molecule has 8 heteroatoms. The second-order valence-electron chi connectivity index (χ2n) is 5.27. The average molecular weight is 427 g/mol. The Bertz CT molecular complexity index is 733. The Hall–Kier alpha value is -1.80. The molecule has 0 atom stereocenters. The molecule has 25 heavy (non-hydrogen) atoms. The van der Waals surface area contributed by atoms with Crippen molar-refractivity contribution in [1.29, 1.82) is 0 Å². The van der Waals surface area contributed by atoms with Crippen molar-refractivity contribution in [2.75, 3.05) is 27.8 Å². The first-order chi connectivity index (χ1) is 12.1. The van der Waals surface area contributed by atoms with Gasteiger partial charge in [-0.2, -0.15) is 0 Å². The van der Waals surface area contributed by atoms with Crippen LogP contribution in [0.1, 0.15) is 15.4 Å². The summed E-state index contributed by atoms with van der Waals surface area (Å²) in [6, 6.07) is 3.85. The Balaban J connectivity index is 1.90. The molecule has 0 spiro atoms. The topological polar surface area (TPSA) is 67.8 Å². The maximum atomic E-state index is 5.36. The number of ether oxygens (including phenoxy) is 2. The second-order valence-corrected chi connectivity index (χ2v) is 7.44. The predicted octanol–water partition coefficient (Wildman–Crippen LogP) is 3.14. The zero-order chi connectivity index (χ0) is 18.2. The molecule has 2 aromatic rings. The van der Waals surface area contributed by atoms with Crippen molar-refractivity contribution < 1.29 is 9.47 Å². The minimum atomic E-state index is 0.608. The standard InChI is InChI=1S/C17H23BrN4O2S/c1-11-9-21-16(25-11)5-6-20-17(19-2)22-10-12-7-14(23-3)15(24-4)8-13(12)18/h7-9H,5-6,10H2,1-4H3,(H2,19,20,22). The molecule has 0 saturated heterocycles. The molecule has 0 aliphatic heterocycles. The smallest absolute Gasteiger partial charge is 0.191 e. The van der Waals surface area contributed by atoms with Crippen LogP contribution >= 0.6 is 27.3 Å². The molecule has 0 fully saturated rings. The highest BCUT2D eigenvalue weighted by Gasteiger charge is 2.10. The van der Waals surface area contributed by atoms with Gasteiger partial charge in [0.05, 0.1) is 19.2 Å². The molecular weight excluding hydrogens is 404 g/mol. The third-order valence-corrected chi connectivity index (χ3v) is 5.23. The summed E-state index contributed by atoms with van der Waals surface area (Å²) in [7, 11) is 5.01. The molecule has 2 rings (SSSR count). The number of hydrogen-bond acceptors (Lipinski definition) is 5. The van der Waals surface area contributed by atoms with Gasteiger partial charge in [-0.3, -0.25) is 4.99 Å². The third kappa shape index (κ3) is 5.61. The molecule has 136 valence electrons. The molecule has 0 bridgehead atoms. The van der Waals surface area contributed by atoms with Crippen LogP contribution in [0.5, 0.6) is 11.5 Å². The maximum Gasteiger partial charge on any atom is 0.191 e. The van der Waals surface area contributed by atoms with Crippen LogP contribution in [-0.2, 0) is 13.0 Å². The second kappa shape index (κ2) is 9.62. The summed E-state index contributed by atoms with van der Waals surface area (Å²) in [5.41, 5.74) is 1.05.